The van der Waals surface area contributed by atoms with Crippen LogP contribution in [0.4, 0.5) is 20.3 Å². The molecule has 2 aromatic rings. The van der Waals surface area contributed by atoms with E-state index in [9.17, 15) is 23.7 Å². The quantitative estimate of drug-likeness (QED) is 0.480. The minimum atomic E-state index is -0.937. The van der Waals surface area contributed by atoms with Crippen LogP contribution in [0.2, 0.25) is 0 Å². The Balaban J connectivity index is 1.88. The van der Waals surface area contributed by atoms with E-state index >= 15 is 0 Å². The Bertz CT molecular complexity index is 763. The van der Waals surface area contributed by atoms with E-state index in [-0.39, 0.29) is 18.8 Å². The Morgan fingerprint density at radius 2 is 1.96 bits per heavy atom. The standard InChI is InChI=1S/C15H14F2N4O3/c1-9-7-13(20-8-12(9)21(23)24)18-5-6-19-15(22)14-10(16)3-2-4-11(14)17/h2-4,7-8H,5-6H2,1H3,(H,18,20)(H,19,22). The molecule has 1 heterocycles. The van der Waals surface area contributed by atoms with E-state index in [4.69, 9.17) is 0 Å². The number of amides is 1. The molecule has 2 rings (SSSR count). The van der Waals surface area contributed by atoms with Crippen LogP contribution in [0.1, 0.15) is 15.9 Å². The maximum Gasteiger partial charge on any atom is 0.290 e. The number of rotatable bonds is 6. The van der Waals surface area contributed by atoms with Crippen LogP contribution in [-0.4, -0.2) is 28.9 Å². The molecule has 0 saturated heterocycles. The van der Waals surface area contributed by atoms with Crippen molar-refractivity contribution in [2.75, 3.05) is 18.4 Å². The van der Waals surface area contributed by atoms with Crippen LogP contribution in [0.3, 0.4) is 0 Å². The van der Waals surface area contributed by atoms with Gasteiger partial charge in [0.25, 0.3) is 11.6 Å². The van der Waals surface area contributed by atoms with Gasteiger partial charge < -0.3 is 10.6 Å². The molecule has 0 atom stereocenters. The van der Waals surface area contributed by atoms with Crippen molar-refractivity contribution in [3.05, 3.63) is 63.3 Å². The highest BCUT2D eigenvalue weighted by atomic mass is 19.1. The average Bonchev–Trinajstić information content (AvgIpc) is 2.51. The van der Waals surface area contributed by atoms with Crippen molar-refractivity contribution in [2.45, 2.75) is 6.92 Å². The number of aromatic nitrogens is 1. The second-order valence-electron chi connectivity index (χ2n) is 4.89. The summed E-state index contributed by atoms with van der Waals surface area (Å²) in [6.45, 7) is 1.89. The maximum absolute atomic E-state index is 13.4. The molecule has 1 amide bonds. The van der Waals surface area contributed by atoms with Crippen molar-refractivity contribution >= 4 is 17.4 Å². The van der Waals surface area contributed by atoms with Crippen molar-refractivity contribution in [2.24, 2.45) is 0 Å². The van der Waals surface area contributed by atoms with Gasteiger partial charge in [0.05, 0.1) is 4.92 Å². The van der Waals surface area contributed by atoms with Gasteiger partial charge in [0.1, 0.15) is 29.2 Å². The summed E-state index contributed by atoms with van der Waals surface area (Å²) < 4.78 is 26.9. The number of carbonyl (C=O) groups excluding carboxylic acids is 1. The van der Waals surface area contributed by atoms with Gasteiger partial charge in [-0.25, -0.2) is 13.8 Å². The lowest BCUT2D eigenvalue weighted by molar-refractivity contribution is -0.385. The molecular weight excluding hydrogens is 322 g/mol. The highest BCUT2D eigenvalue weighted by Gasteiger charge is 2.16. The summed E-state index contributed by atoms with van der Waals surface area (Å²) in [7, 11) is 0. The number of carbonyl (C=O) groups is 1. The van der Waals surface area contributed by atoms with Crippen molar-refractivity contribution in [1.82, 2.24) is 10.3 Å². The lowest BCUT2D eigenvalue weighted by Crippen LogP contribution is -2.30. The molecule has 7 nitrogen and oxygen atoms in total. The number of halogens is 2. The van der Waals surface area contributed by atoms with E-state index in [0.717, 1.165) is 18.3 Å². The number of aryl methyl sites for hydroxylation is 1. The van der Waals surface area contributed by atoms with Crippen LogP contribution < -0.4 is 10.6 Å². The minimum absolute atomic E-state index is 0.0876. The highest BCUT2D eigenvalue weighted by molar-refractivity contribution is 5.94. The van der Waals surface area contributed by atoms with Gasteiger partial charge in [-0.3, -0.25) is 14.9 Å². The SMILES string of the molecule is Cc1cc(NCCNC(=O)c2c(F)cccc2F)ncc1[N+](=O)[O-]. The van der Waals surface area contributed by atoms with Crippen LogP contribution in [-0.2, 0) is 0 Å². The first-order valence-corrected chi connectivity index (χ1v) is 6.97. The second-order valence-corrected chi connectivity index (χ2v) is 4.89. The first kappa shape index (κ1) is 17.3. The molecule has 0 fully saturated rings. The van der Waals surface area contributed by atoms with Crippen molar-refractivity contribution in [3.8, 4) is 0 Å². The molecule has 0 bridgehead atoms. The predicted octanol–water partition coefficient (Wildman–Crippen LogP) is 2.42. The number of nitro groups is 1. The molecule has 2 N–H and O–H groups in total. The summed E-state index contributed by atoms with van der Waals surface area (Å²) in [5, 5.41) is 15.9. The van der Waals surface area contributed by atoms with E-state index in [1.165, 1.54) is 12.1 Å². The van der Waals surface area contributed by atoms with Crippen molar-refractivity contribution in [1.29, 1.82) is 0 Å². The van der Waals surface area contributed by atoms with Gasteiger partial charge in [0.15, 0.2) is 0 Å². The Labute approximate surface area is 135 Å². The van der Waals surface area contributed by atoms with Crippen LogP contribution in [0, 0.1) is 28.7 Å². The van der Waals surface area contributed by atoms with Gasteiger partial charge in [-0.2, -0.15) is 0 Å². The van der Waals surface area contributed by atoms with Crippen LogP contribution in [0.15, 0.2) is 30.5 Å². The Morgan fingerprint density at radius 1 is 1.29 bits per heavy atom. The third-order valence-corrected chi connectivity index (χ3v) is 3.19. The molecule has 24 heavy (non-hydrogen) atoms. The summed E-state index contributed by atoms with van der Waals surface area (Å²) in [6.07, 6.45) is 1.13. The summed E-state index contributed by atoms with van der Waals surface area (Å²) in [5.41, 5.74) is -0.291. The van der Waals surface area contributed by atoms with Gasteiger partial charge in [-0.05, 0) is 25.1 Å². The molecule has 1 aromatic carbocycles. The monoisotopic (exact) mass is 336 g/mol. The Kier molecular flexibility index (Phi) is 5.35. The van der Waals surface area contributed by atoms with Crippen LogP contribution in [0.5, 0.6) is 0 Å². The van der Waals surface area contributed by atoms with Crippen LogP contribution >= 0.6 is 0 Å². The second kappa shape index (κ2) is 7.44. The van der Waals surface area contributed by atoms with Gasteiger partial charge in [-0.15, -0.1) is 0 Å². The van der Waals surface area contributed by atoms with E-state index in [1.807, 2.05) is 0 Å². The summed E-state index contributed by atoms with van der Waals surface area (Å²) in [4.78, 5) is 25.8. The van der Waals surface area contributed by atoms with Crippen molar-refractivity contribution < 1.29 is 18.5 Å². The largest absolute Gasteiger partial charge is 0.368 e. The van der Waals surface area contributed by atoms with Gasteiger partial charge >= 0.3 is 0 Å². The molecular formula is C15H14F2N4O3. The molecule has 0 unspecified atom stereocenters. The van der Waals surface area contributed by atoms with E-state index in [0.29, 0.717) is 11.4 Å². The molecule has 0 aliphatic rings. The zero-order chi connectivity index (χ0) is 17.7. The molecule has 0 radical (unpaired) electrons. The smallest absolute Gasteiger partial charge is 0.290 e. The fraction of sp³-hybridized carbons (Fsp3) is 0.200. The van der Waals surface area contributed by atoms with Gasteiger partial charge in [0.2, 0.25) is 0 Å². The van der Waals surface area contributed by atoms with Crippen LogP contribution in [0.25, 0.3) is 0 Å². The molecule has 1 aromatic heterocycles. The number of hydrogen-bond donors (Lipinski definition) is 2. The van der Waals surface area contributed by atoms with E-state index in [2.05, 4.69) is 15.6 Å². The number of hydrogen-bond acceptors (Lipinski definition) is 5. The maximum atomic E-state index is 13.4. The molecule has 0 spiro atoms. The lowest BCUT2D eigenvalue weighted by atomic mass is 10.2. The molecule has 0 aliphatic carbocycles. The fourth-order valence-corrected chi connectivity index (χ4v) is 2.01. The predicted molar refractivity (Wildman–Crippen MR) is 82.8 cm³/mol. The van der Waals surface area contributed by atoms with Crippen molar-refractivity contribution in [3.63, 3.8) is 0 Å². The summed E-state index contributed by atoms with van der Waals surface area (Å²) in [6, 6.07) is 4.67. The number of pyridine rings is 1. The number of anilines is 1. The minimum Gasteiger partial charge on any atom is -0.368 e. The van der Waals surface area contributed by atoms with Gasteiger partial charge in [0, 0.05) is 18.7 Å². The lowest BCUT2D eigenvalue weighted by Gasteiger charge is -2.09. The molecule has 0 aliphatic heterocycles. The Hall–Kier alpha value is -3.10. The number of nitrogens with one attached hydrogen (secondary N) is 2. The third kappa shape index (κ3) is 4.00. The third-order valence-electron chi connectivity index (χ3n) is 3.19. The van der Waals surface area contributed by atoms with Gasteiger partial charge in [-0.1, -0.05) is 6.07 Å². The highest BCUT2D eigenvalue weighted by Crippen LogP contribution is 2.18. The number of nitrogens with zero attached hydrogens (tertiary/aromatic N) is 2. The molecule has 9 heteroatoms. The van der Waals surface area contributed by atoms with E-state index < -0.39 is 28.0 Å². The zero-order valence-electron chi connectivity index (χ0n) is 12.7. The van der Waals surface area contributed by atoms with E-state index in [1.54, 1.807) is 6.92 Å². The average molecular weight is 336 g/mol. The molecule has 126 valence electrons. The first-order chi connectivity index (χ1) is 11.4. The number of benzene rings is 1. The normalized spacial score (nSPS) is 10.3. The first-order valence-electron chi connectivity index (χ1n) is 6.97. The Morgan fingerprint density at radius 3 is 2.54 bits per heavy atom. The fourth-order valence-electron chi connectivity index (χ4n) is 2.01. The zero-order valence-corrected chi connectivity index (χ0v) is 12.7. The molecule has 0 saturated carbocycles. The summed E-state index contributed by atoms with van der Waals surface area (Å²) >= 11 is 0. The summed E-state index contributed by atoms with van der Waals surface area (Å²) in [5.74, 6) is -2.34. The topological polar surface area (TPSA) is 97.2 Å².